The summed E-state index contributed by atoms with van der Waals surface area (Å²) in [5.41, 5.74) is 5.80. The maximum atomic E-state index is 12.3. The van der Waals surface area contributed by atoms with Gasteiger partial charge >= 0.3 is 0 Å². The van der Waals surface area contributed by atoms with E-state index in [9.17, 15) is 8.42 Å². The minimum atomic E-state index is -3.11. The molecule has 0 aromatic rings. The molecular formula is C14H28N2O2S. The Morgan fingerprint density at radius 2 is 1.47 bits per heavy atom. The third-order valence-electron chi connectivity index (χ3n) is 4.91. The molecule has 4 nitrogen and oxygen atoms in total. The Hall–Kier alpha value is -0.130. The van der Waals surface area contributed by atoms with Crippen molar-refractivity contribution in [3.05, 3.63) is 0 Å². The third kappa shape index (κ3) is 4.17. The molecule has 0 heterocycles. The van der Waals surface area contributed by atoms with Crippen LogP contribution in [0.2, 0.25) is 0 Å². The van der Waals surface area contributed by atoms with Gasteiger partial charge in [-0.15, -0.1) is 0 Å². The second-order valence-corrected chi connectivity index (χ2v) is 8.24. The first-order valence-corrected chi connectivity index (χ1v) is 9.36. The van der Waals surface area contributed by atoms with Crippen LogP contribution in [0.3, 0.4) is 0 Å². The van der Waals surface area contributed by atoms with Gasteiger partial charge in [-0.05, 0) is 44.1 Å². The topological polar surface area (TPSA) is 72.2 Å². The molecule has 0 spiro atoms. The van der Waals surface area contributed by atoms with Crippen molar-refractivity contribution in [1.29, 1.82) is 0 Å². The van der Waals surface area contributed by atoms with E-state index in [-0.39, 0.29) is 5.25 Å². The quantitative estimate of drug-likeness (QED) is 0.813. The standard InChI is InChI=1S/C14H28N2O2S/c15-10-12-6-4-5-7-13(12)11-16-19(17,18)14-8-2-1-3-9-14/h12-14,16H,1-11,15H2. The lowest BCUT2D eigenvalue weighted by molar-refractivity contribution is 0.244. The summed E-state index contributed by atoms with van der Waals surface area (Å²) in [5.74, 6) is 0.944. The first kappa shape index (κ1) is 15.3. The summed E-state index contributed by atoms with van der Waals surface area (Å²) in [4.78, 5) is 0. The fourth-order valence-corrected chi connectivity index (χ4v) is 5.22. The molecule has 0 aromatic heterocycles. The molecule has 0 aliphatic heterocycles. The monoisotopic (exact) mass is 288 g/mol. The predicted molar refractivity (Wildman–Crippen MR) is 78.3 cm³/mol. The molecule has 2 aliphatic carbocycles. The number of hydrogen-bond donors (Lipinski definition) is 2. The van der Waals surface area contributed by atoms with Crippen LogP contribution in [0.1, 0.15) is 57.8 Å². The largest absolute Gasteiger partial charge is 0.330 e. The number of nitrogens with one attached hydrogen (secondary N) is 1. The molecule has 2 saturated carbocycles. The number of rotatable bonds is 5. The molecule has 19 heavy (non-hydrogen) atoms. The van der Waals surface area contributed by atoms with E-state index in [0.717, 1.165) is 38.5 Å². The maximum absolute atomic E-state index is 12.3. The van der Waals surface area contributed by atoms with E-state index >= 15 is 0 Å². The molecule has 2 atom stereocenters. The highest BCUT2D eigenvalue weighted by Gasteiger charge is 2.30. The maximum Gasteiger partial charge on any atom is 0.214 e. The molecule has 5 heteroatoms. The van der Waals surface area contributed by atoms with Gasteiger partial charge in [-0.3, -0.25) is 0 Å². The van der Waals surface area contributed by atoms with Crippen LogP contribution in [-0.2, 0) is 10.0 Å². The highest BCUT2D eigenvalue weighted by Crippen LogP contribution is 2.29. The lowest BCUT2D eigenvalue weighted by Gasteiger charge is -2.31. The zero-order valence-electron chi connectivity index (χ0n) is 11.8. The minimum absolute atomic E-state index is 0.152. The molecular weight excluding hydrogens is 260 g/mol. The summed E-state index contributed by atoms with van der Waals surface area (Å²) in [5, 5.41) is -0.152. The normalized spacial score (nSPS) is 30.4. The highest BCUT2D eigenvalue weighted by atomic mass is 32.2. The SMILES string of the molecule is NCC1CCCCC1CNS(=O)(=O)C1CCCCC1. The Balaban J connectivity index is 1.85. The molecule has 3 N–H and O–H groups in total. The van der Waals surface area contributed by atoms with E-state index in [0.29, 0.717) is 24.9 Å². The molecule has 0 saturated heterocycles. The molecule has 0 amide bonds. The summed E-state index contributed by atoms with van der Waals surface area (Å²) in [6, 6.07) is 0. The fourth-order valence-electron chi connectivity index (χ4n) is 3.58. The summed E-state index contributed by atoms with van der Waals surface area (Å²) in [7, 11) is -3.11. The van der Waals surface area contributed by atoms with Crippen molar-refractivity contribution in [2.75, 3.05) is 13.1 Å². The Morgan fingerprint density at radius 1 is 0.895 bits per heavy atom. The molecule has 112 valence electrons. The van der Waals surface area contributed by atoms with Crippen molar-refractivity contribution in [3.63, 3.8) is 0 Å². The van der Waals surface area contributed by atoms with Crippen molar-refractivity contribution in [2.45, 2.75) is 63.0 Å². The first-order chi connectivity index (χ1) is 9.13. The molecule has 2 aliphatic rings. The van der Waals surface area contributed by atoms with Crippen LogP contribution < -0.4 is 10.5 Å². The van der Waals surface area contributed by atoms with Crippen molar-refractivity contribution in [2.24, 2.45) is 17.6 Å². The van der Waals surface area contributed by atoms with Gasteiger partial charge in [-0.2, -0.15) is 0 Å². The molecule has 0 bridgehead atoms. The number of nitrogens with two attached hydrogens (primary N) is 1. The average Bonchev–Trinajstić information content (AvgIpc) is 2.46. The first-order valence-electron chi connectivity index (χ1n) is 7.82. The molecule has 2 unspecified atom stereocenters. The van der Waals surface area contributed by atoms with Crippen LogP contribution in [0.25, 0.3) is 0 Å². The molecule has 0 radical (unpaired) electrons. The Kier molecular flexibility index (Phi) is 5.66. The lowest BCUT2D eigenvalue weighted by Crippen LogP contribution is -2.41. The predicted octanol–water partition coefficient (Wildman–Crippen LogP) is 2.00. The zero-order valence-corrected chi connectivity index (χ0v) is 12.6. The van der Waals surface area contributed by atoms with E-state index in [1.165, 1.54) is 19.3 Å². The van der Waals surface area contributed by atoms with Gasteiger partial charge in [0, 0.05) is 6.54 Å². The van der Waals surface area contributed by atoms with Crippen LogP contribution in [0.4, 0.5) is 0 Å². The van der Waals surface area contributed by atoms with E-state index < -0.39 is 10.0 Å². The van der Waals surface area contributed by atoms with Crippen LogP contribution in [0.15, 0.2) is 0 Å². The van der Waals surface area contributed by atoms with Gasteiger partial charge in [-0.1, -0.05) is 32.1 Å². The van der Waals surface area contributed by atoms with E-state index in [1.54, 1.807) is 0 Å². The van der Waals surface area contributed by atoms with Crippen molar-refractivity contribution < 1.29 is 8.42 Å². The van der Waals surface area contributed by atoms with Gasteiger partial charge < -0.3 is 5.73 Å². The summed E-state index contributed by atoms with van der Waals surface area (Å²) in [6.07, 6.45) is 9.70. The number of sulfonamides is 1. The van der Waals surface area contributed by atoms with Gasteiger partial charge in [-0.25, -0.2) is 13.1 Å². The van der Waals surface area contributed by atoms with E-state index in [1.807, 2.05) is 0 Å². The van der Waals surface area contributed by atoms with Gasteiger partial charge in [0.05, 0.1) is 5.25 Å². The summed E-state index contributed by atoms with van der Waals surface area (Å²) in [6.45, 7) is 1.29. The minimum Gasteiger partial charge on any atom is -0.330 e. The smallest absolute Gasteiger partial charge is 0.214 e. The fraction of sp³-hybridized carbons (Fsp3) is 1.00. The van der Waals surface area contributed by atoms with Crippen molar-refractivity contribution in [1.82, 2.24) is 4.72 Å². The average molecular weight is 288 g/mol. The van der Waals surface area contributed by atoms with Gasteiger partial charge in [0.1, 0.15) is 0 Å². The van der Waals surface area contributed by atoms with Gasteiger partial charge in [0.25, 0.3) is 0 Å². The van der Waals surface area contributed by atoms with Crippen LogP contribution in [0, 0.1) is 11.8 Å². The zero-order chi connectivity index (χ0) is 13.7. The Labute approximate surface area is 117 Å². The second-order valence-electron chi connectivity index (χ2n) is 6.19. The van der Waals surface area contributed by atoms with Crippen LogP contribution >= 0.6 is 0 Å². The van der Waals surface area contributed by atoms with Gasteiger partial charge in [0.2, 0.25) is 10.0 Å². The Bertz CT molecular complexity index is 364. The van der Waals surface area contributed by atoms with Crippen molar-refractivity contribution >= 4 is 10.0 Å². The Morgan fingerprint density at radius 3 is 2.11 bits per heavy atom. The van der Waals surface area contributed by atoms with Gasteiger partial charge in [0.15, 0.2) is 0 Å². The van der Waals surface area contributed by atoms with Crippen LogP contribution in [0.5, 0.6) is 0 Å². The molecule has 2 rings (SSSR count). The van der Waals surface area contributed by atoms with E-state index in [2.05, 4.69) is 4.72 Å². The van der Waals surface area contributed by atoms with E-state index in [4.69, 9.17) is 5.73 Å². The third-order valence-corrected chi connectivity index (χ3v) is 6.83. The molecule has 2 fully saturated rings. The molecule has 0 aromatic carbocycles. The number of hydrogen-bond acceptors (Lipinski definition) is 3. The summed E-state index contributed by atoms with van der Waals surface area (Å²) < 4.78 is 27.4. The van der Waals surface area contributed by atoms with Crippen LogP contribution in [-0.4, -0.2) is 26.8 Å². The van der Waals surface area contributed by atoms with Crippen molar-refractivity contribution in [3.8, 4) is 0 Å². The lowest BCUT2D eigenvalue weighted by atomic mass is 9.79. The highest BCUT2D eigenvalue weighted by molar-refractivity contribution is 7.90. The summed E-state index contributed by atoms with van der Waals surface area (Å²) >= 11 is 0. The second kappa shape index (κ2) is 7.04.